The average Bonchev–Trinajstić information content (AvgIpc) is 2.44. The van der Waals surface area contributed by atoms with Crippen LogP contribution < -0.4 is 0 Å². The highest BCUT2D eigenvalue weighted by molar-refractivity contribution is 5.72. The lowest BCUT2D eigenvalue weighted by Crippen LogP contribution is -2.57. The molecule has 132 valence electrons. The summed E-state index contributed by atoms with van der Waals surface area (Å²) < 4.78 is 5.55. The molecule has 0 aromatic heterocycles. The molecule has 4 nitrogen and oxygen atoms in total. The number of likely N-dealkylation sites (N-methyl/N-ethyl adjacent to an activating group) is 1. The number of esters is 1. The van der Waals surface area contributed by atoms with Crippen molar-refractivity contribution in [3.8, 4) is 0 Å². The number of hydrogen-bond acceptors (Lipinski definition) is 4. The Balaban J connectivity index is 4.38. The quantitative estimate of drug-likeness (QED) is 0.358. The first-order valence-electron chi connectivity index (χ1n) is 8.78. The van der Waals surface area contributed by atoms with Gasteiger partial charge in [0, 0.05) is 0 Å². The van der Waals surface area contributed by atoms with E-state index in [1.807, 2.05) is 34.9 Å². The Morgan fingerprint density at radius 3 is 2.09 bits per heavy atom. The van der Waals surface area contributed by atoms with Gasteiger partial charge in [0.1, 0.15) is 6.10 Å². The summed E-state index contributed by atoms with van der Waals surface area (Å²) in [4.78, 5) is 13.9. The van der Waals surface area contributed by atoms with Crippen molar-refractivity contribution < 1.29 is 14.6 Å². The first kappa shape index (κ1) is 21.4. The summed E-state index contributed by atoms with van der Waals surface area (Å²) in [6.07, 6.45) is 6.27. The lowest BCUT2D eigenvalue weighted by Gasteiger charge is -2.42. The Kier molecular flexibility index (Phi) is 9.94. The predicted octanol–water partition coefficient (Wildman–Crippen LogP) is 3.82. The topological polar surface area (TPSA) is 49.8 Å². The normalized spacial score (nSPS) is 17.4. The third-order valence-electron chi connectivity index (χ3n) is 4.60. The number of aliphatic hydroxyl groups is 1. The highest BCUT2D eigenvalue weighted by Gasteiger charge is 2.42. The van der Waals surface area contributed by atoms with Crippen LogP contribution in [0.3, 0.4) is 0 Å². The summed E-state index contributed by atoms with van der Waals surface area (Å²) in [6, 6.07) is 0. The fraction of sp³-hybridized carbons (Fsp3) is 0.944. The van der Waals surface area contributed by atoms with E-state index >= 15 is 0 Å². The number of hydrogen-bond donors (Lipinski definition) is 1. The monoisotopic (exact) mass is 315 g/mol. The van der Waals surface area contributed by atoms with Gasteiger partial charge < -0.3 is 9.84 Å². The summed E-state index contributed by atoms with van der Waals surface area (Å²) in [5, 5.41) is 10.8. The number of unbranched alkanes of at least 4 members (excludes halogenated alkanes) is 4. The van der Waals surface area contributed by atoms with Gasteiger partial charge in [0.2, 0.25) is 0 Å². The second-order valence-corrected chi connectivity index (χ2v) is 7.02. The van der Waals surface area contributed by atoms with Gasteiger partial charge in [-0.05, 0) is 33.4 Å². The van der Waals surface area contributed by atoms with Crippen LogP contribution in [0.4, 0.5) is 0 Å². The molecular weight excluding hydrogens is 278 g/mol. The average molecular weight is 315 g/mol. The minimum Gasteiger partial charge on any atom is -0.458 e. The molecule has 0 spiro atoms. The summed E-state index contributed by atoms with van der Waals surface area (Å²) >= 11 is 0. The molecule has 0 aliphatic carbocycles. The fourth-order valence-electron chi connectivity index (χ4n) is 2.90. The molecule has 0 heterocycles. The van der Waals surface area contributed by atoms with E-state index in [1.54, 1.807) is 11.8 Å². The number of nitrogens with zero attached hydrogens (tertiary/aromatic N) is 1. The van der Waals surface area contributed by atoms with Crippen LogP contribution >= 0.6 is 0 Å². The lowest BCUT2D eigenvalue weighted by molar-refractivity contribution is -0.207. The zero-order valence-electron chi connectivity index (χ0n) is 15.7. The summed E-state index contributed by atoms with van der Waals surface area (Å²) in [6.45, 7) is 9.75. The summed E-state index contributed by atoms with van der Waals surface area (Å²) in [7, 11) is 3.61. The van der Waals surface area contributed by atoms with E-state index in [1.165, 1.54) is 25.7 Å². The van der Waals surface area contributed by atoms with Crippen LogP contribution in [-0.2, 0) is 9.53 Å². The van der Waals surface area contributed by atoms with E-state index in [-0.39, 0.29) is 17.8 Å². The molecule has 0 aromatic rings. The van der Waals surface area contributed by atoms with Crippen molar-refractivity contribution >= 4 is 5.97 Å². The highest BCUT2D eigenvalue weighted by Crippen LogP contribution is 2.27. The van der Waals surface area contributed by atoms with Crippen LogP contribution in [-0.4, -0.2) is 41.9 Å². The highest BCUT2D eigenvalue weighted by atomic mass is 16.6. The number of ether oxygens (including phenoxy) is 1. The fourth-order valence-corrected chi connectivity index (χ4v) is 2.90. The van der Waals surface area contributed by atoms with Gasteiger partial charge in [-0.2, -0.15) is 0 Å². The Bertz CT molecular complexity index is 307. The van der Waals surface area contributed by atoms with Crippen molar-refractivity contribution in [3.05, 3.63) is 0 Å². The van der Waals surface area contributed by atoms with Crippen LogP contribution in [0.15, 0.2) is 0 Å². The van der Waals surface area contributed by atoms with Gasteiger partial charge in [-0.25, -0.2) is 0 Å². The van der Waals surface area contributed by atoms with Crippen molar-refractivity contribution in [1.82, 2.24) is 4.90 Å². The number of carbonyl (C=O) groups excluding carboxylic acids is 1. The summed E-state index contributed by atoms with van der Waals surface area (Å²) in [5.74, 6) is -0.346. The molecule has 0 saturated heterocycles. The van der Waals surface area contributed by atoms with Crippen molar-refractivity contribution in [1.29, 1.82) is 0 Å². The molecule has 0 bridgehead atoms. The van der Waals surface area contributed by atoms with Gasteiger partial charge in [0.15, 0.2) is 5.72 Å². The Hall–Kier alpha value is -0.610. The second-order valence-electron chi connectivity index (χ2n) is 7.02. The summed E-state index contributed by atoms with van der Waals surface area (Å²) in [5.41, 5.74) is -1.14. The van der Waals surface area contributed by atoms with Crippen molar-refractivity contribution in [3.63, 3.8) is 0 Å². The maximum atomic E-state index is 12.2. The maximum absolute atomic E-state index is 12.2. The molecule has 4 heteroatoms. The molecule has 0 rings (SSSR count). The third kappa shape index (κ3) is 6.25. The Labute approximate surface area is 137 Å². The van der Waals surface area contributed by atoms with E-state index < -0.39 is 11.8 Å². The zero-order valence-corrected chi connectivity index (χ0v) is 15.7. The zero-order chi connectivity index (χ0) is 17.3. The van der Waals surface area contributed by atoms with Crippen LogP contribution in [0.5, 0.6) is 0 Å². The Morgan fingerprint density at radius 1 is 1.09 bits per heavy atom. The number of rotatable bonds is 11. The minimum atomic E-state index is -1.14. The van der Waals surface area contributed by atoms with Crippen molar-refractivity contribution in [2.45, 2.75) is 85.0 Å². The number of carbonyl (C=O) groups is 1. The molecule has 0 fully saturated rings. The SMILES string of the molecule is CCCCCCCC(C)C(=O)OC(C)C(O)(C(C)C)N(C)C. The smallest absolute Gasteiger partial charge is 0.309 e. The molecule has 0 saturated carbocycles. The first-order chi connectivity index (χ1) is 10.2. The van der Waals surface area contributed by atoms with Gasteiger partial charge in [-0.3, -0.25) is 9.69 Å². The molecule has 0 amide bonds. The Morgan fingerprint density at radius 2 is 1.64 bits per heavy atom. The second kappa shape index (κ2) is 10.2. The van der Waals surface area contributed by atoms with Crippen LogP contribution in [0.2, 0.25) is 0 Å². The van der Waals surface area contributed by atoms with Gasteiger partial charge >= 0.3 is 5.97 Å². The standard InChI is InChI=1S/C18H37NO3/c1-8-9-10-11-12-13-15(4)17(20)22-16(5)18(21,14(2)3)19(6)7/h14-16,21H,8-13H2,1-7H3. The van der Waals surface area contributed by atoms with E-state index in [2.05, 4.69) is 6.92 Å². The van der Waals surface area contributed by atoms with Crippen LogP contribution in [0.1, 0.15) is 73.1 Å². The van der Waals surface area contributed by atoms with Gasteiger partial charge in [-0.15, -0.1) is 0 Å². The molecule has 22 heavy (non-hydrogen) atoms. The van der Waals surface area contributed by atoms with Gasteiger partial charge in [0.25, 0.3) is 0 Å². The van der Waals surface area contributed by atoms with Crippen LogP contribution in [0.25, 0.3) is 0 Å². The largest absolute Gasteiger partial charge is 0.458 e. The van der Waals surface area contributed by atoms with E-state index in [4.69, 9.17) is 4.74 Å². The van der Waals surface area contributed by atoms with Crippen molar-refractivity contribution in [2.24, 2.45) is 11.8 Å². The molecule has 0 radical (unpaired) electrons. The molecule has 0 aliphatic heterocycles. The lowest BCUT2D eigenvalue weighted by atomic mass is 9.93. The van der Waals surface area contributed by atoms with Gasteiger partial charge in [0.05, 0.1) is 5.92 Å². The maximum Gasteiger partial charge on any atom is 0.309 e. The van der Waals surface area contributed by atoms with E-state index in [0.29, 0.717) is 0 Å². The third-order valence-corrected chi connectivity index (χ3v) is 4.60. The predicted molar refractivity (Wildman–Crippen MR) is 91.6 cm³/mol. The van der Waals surface area contributed by atoms with E-state index in [9.17, 15) is 9.90 Å². The molecule has 0 aliphatic rings. The molecule has 3 atom stereocenters. The van der Waals surface area contributed by atoms with Gasteiger partial charge in [-0.1, -0.05) is 59.8 Å². The van der Waals surface area contributed by atoms with Crippen LogP contribution in [0, 0.1) is 11.8 Å². The molecular formula is C18H37NO3. The van der Waals surface area contributed by atoms with E-state index in [0.717, 1.165) is 12.8 Å². The minimum absolute atomic E-state index is 0.0327. The van der Waals surface area contributed by atoms with Crippen molar-refractivity contribution in [2.75, 3.05) is 14.1 Å². The first-order valence-corrected chi connectivity index (χ1v) is 8.78. The molecule has 1 N–H and O–H groups in total. The molecule has 0 aromatic carbocycles. The molecule has 3 unspecified atom stereocenters.